The van der Waals surface area contributed by atoms with E-state index in [2.05, 4.69) is 10.6 Å². The van der Waals surface area contributed by atoms with Gasteiger partial charge in [-0.1, -0.05) is 13.8 Å². The molecular formula is C11H22N2O2. The number of hydrogen-bond donors (Lipinski definition) is 3. The third-order valence-corrected chi connectivity index (χ3v) is 3.18. The van der Waals surface area contributed by atoms with Gasteiger partial charge in [-0.25, -0.2) is 4.79 Å². The molecule has 0 bridgehead atoms. The first-order chi connectivity index (χ1) is 7.09. The molecule has 1 saturated carbocycles. The Labute approximate surface area is 91.4 Å². The van der Waals surface area contributed by atoms with Crippen molar-refractivity contribution >= 4 is 6.03 Å². The van der Waals surface area contributed by atoms with Crippen molar-refractivity contribution in [2.24, 2.45) is 0 Å². The largest absolute Gasteiger partial charge is 0.388 e. The highest BCUT2D eigenvalue weighted by Crippen LogP contribution is 2.30. The molecule has 0 heterocycles. The van der Waals surface area contributed by atoms with E-state index >= 15 is 0 Å². The second-order valence-electron chi connectivity index (χ2n) is 4.42. The molecule has 0 aromatic rings. The molecule has 0 saturated heterocycles. The van der Waals surface area contributed by atoms with Crippen LogP contribution in [0.3, 0.4) is 0 Å². The second kappa shape index (κ2) is 5.35. The van der Waals surface area contributed by atoms with E-state index in [4.69, 9.17) is 0 Å². The molecule has 4 heteroatoms. The Morgan fingerprint density at radius 3 is 2.40 bits per heavy atom. The third-order valence-electron chi connectivity index (χ3n) is 3.18. The molecule has 15 heavy (non-hydrogen) atoms. The number of hydrogen-bond acceptors (Lipinski definition) is 2. The van der Waals surface area contributed by atoms with Crippen molar-refractivity contribution in [1.29, 1.82) is 0 Å². The number of rotatable bonds is 5. The summed E-state index contributed by atoms with van der Waals surface area (Å²) in [5.41, 5.74) is -0.634. The van der Waals surface area contributed by atoms with Crippen LogP contribution in [0, 0.1) is 0 Å². The van der Waals surface area contributed by atoms with Gasteiger partial charge in [0.1, 0.15) is 0 Å². The van der Waals surface area contributed by atoms with E-state index in [1.54, 1.807) is 0 Å². The van der Waals surface area contributed by atoms with Crippen molar-refractivity contribution in [2.75, 3.05) is 6.54 Å². The first kappa shape index (κ1) is 12.3. The van der Waals surface area contributed by atoms with Crippen molar-refractivity contribution in [3.05, 3.63) is 0 Å². The van der Waals surface area contributed by atoms with E-state index in [0.717, 1.165) is 32.1 Å². The zero-order chi connectivity index (χ0) is 11.3. The molecule has 0 aromatic heterocycles. The van der Waals surface area contributed by atoms with Crippen molar-refractivity contribution in [3.8, 4) is 0 Å². The average molecular weight is 214 g/mol. The van der Waals surface area contributed by atoms with Crippen LogP contribution < -0.4 is 10.6 Å². The number of aliphatic hydroxyl groups is 1. The number of nitrogens with one attached hydrogen (secondary N) is 2. The van der Waals surface area contributed by atoms with Gasteiger partial charge in [-0.05, 0) is 32.1 Å². The van der Waals surface area contributed by atoms with Crippen LogP contribution in [0.15, 0.2) is 0 Å². The standard InChI is InChI=1S/C11H22N2O2/c1-3-9(4-2)13-10(14)12-8-11(15)6-5-7-11/h9,15H,3-8H2,1-2H3,(H2,12,13,14). The van der Waals surface area contributed by atoms with Gasteiger partial charge in [-0.15, -0.1) is 0 Å². The first-order valence-electron chi connectivity index (χ1n) is 5.86. The van der Waals surface area contributed by atoms with Crippen LogP contribution in [0.4, 0.5) is 4.79 Å². The summed E-state index contributed by atoms with van der Waals surface area (Å²) in [7, 11) is 0. The summed E-state index contributed by atoms with van der Waals surface area (Å²) in [5, 5.41) is 15.4. The fourth-order valence-corrected chi connectivity index (χ4v) is 1.74. The minimum absolute atomic E-state index is 0.163. The molecule has 88 valence electrons. The van der Waals surface area contributed by atoms with Crippen molar-refractivity contribution < 1.29 is 9.90 Å². The van der Waals surface area contributed by atoms with Crippen LogP contribution in [0.1, 0.15) is 46.0 Å². The lowest BCUT2D eigenvalue weighted by atomic mass is 9.80. The average Bonchev–Trinajstić information content (AvgIpc) is 2.20. The molecule has 4 nitrogen and oxygen atoms in total. The van der Waals surface area contributed by atoms with Crippen LogP contribution >= 0.6 is 0 Å². The predicted octanol–water partition coefficient (Wildman–Crippen LogP) is 1.39. The van der Waals surface area contributed by atoms with E-state index in [1.165, 1.54) is 0 Å². The van der Waals surface area contributed by atoms with Gasteiger partial charge in [0.25, 0.3) is 0 Å². The highest BCUT2D eigenvalue weighted by molar-refractivity contribution is 5.74. The van der Waals surface area contributed by atoms with Gasteiger partial charge < -0.3 is 15.7 Å². The molecule has 0 unspecified atom stereocenters. The highest BCUT2D eigenvalue weighted by atomic mass is 16.3. The highest BCUT2D eigenvalue weighted by Gasteiger charge is 2.34. The summed E-state index contributed by atoms with van der Waals surface area (Å²) in [6, 6.07) is 0.0741. The Morgan fingerprint density at radius 1 is 1.40 bits per heavy atom. The summed E-state index contributed by atoms with van der Waals surface area (Å²) in [4.78, 5) is 11.4. The number of carbonyl (C=O) groups excluding carboxylic acids is 1. The number of carbonyl (C=O) groups is 1. The van der Waals surface area contributed by atoms with E-state index in [1.807, 2.05) is 13.8 Å². The lowest BCUT2D eigenvalue weighted by Gasteiger charge is -2.36. The molecule has 3 N–H and O–H groups in total. The summed E-state index contributed by atoms with van der Waals surface area (Å²) in [5.74, 6) is 0. The molecule has 0 radical (unpaired) electrons. The number of amides is 2. The maximum absolute atomic E-state index is 11.4. The number of urea groups is 1. The monoisotopic (exact) mass is 214 g/mol. The minimum atomic E-state index is -0.634. The SMILES string of the molecule is CCC(CC)NC(=O)NCC1(O)CCC1. The Morgan fingerprint density at radius 2 is 2.00 bits per heavy atom. The molecule has 1 fully saturated rings. The van der Waals surface area contributed by atoms with Crippen LogP contribution in [0.5, 0.6) is 0 Å². The maximum Gasteiger partial charge on any atom is 0.315 e. The van der Waals surface area contributed by atoms with Gasteiger partial charge in [0.05, 0.1) is 5.60 Å². The maximum atomic E-state index is 11.4. The first-order valence-corrected chi connectivity index (χ1v) is 5.86. The van der Waals surface area contributed by atoms with Crippen LogP contribution in [-0.2, 0) is 0 Å². The fraction of sp³-hybridized carbons (Fsp3) is 0.909. The zero-order valence-corrected chi connectivity index (χ0v) is 9.68. The van der Waals surface area contributed by atoms with E-state index in [-0.39, 0.29) is 12.1 Å². The normalized spacial score (nSPS) is 18.4. The van der Waals surface area contributed by atoms with Gasteiger partial charge in [0.2, 0.25) is 0 Å². The molecule has 2 amide bonds. The summed E-state index contributed by atoms with van der Waals surface area (Å²) < 4.78 is 0. The van der Waals surface area contributed by atoms with Gasteiger partial charge in [-0.2, -0.15) is 0 Å². The van der Waals surface area contributed by atoms with Crippen molar-refractivity contribution in [2.45, 2.75) is 57.6 Å². The summed E-state index contributed by atoms with van der Waals surface area (Å²) in [6.07, 6.45) is 4.55. The smallest absolute Gasteiger partial charge is 0.315 e. The molecule has 1 rings (SSSR count). The van der Waals surface area contributed by atoms with E-state index < -0.39 is 5.60 Å². The van der Waals surface area contributed by atoms with Crippen molar-refractivity contribution in [3.63, 3.8) is 0 Å². The third kappa shape index (κ3) is 3.70. The Hall–Kier alpha value is -0.770. The lowest BCUT2D eigenvalue weighted by molar-refractivity contribution is -0.0290. The van der Waals surface area contributed by atoms with Crippen molar-refractivity contribution in [1.82, 2.24) is 10.6 Å². The van der Waals surface area contributed by atoms with E-state index in [0.29, 0.717) is 6.54 Å². The molecule has 0 aliphatic heterocycles. The fourth-order valence-electron chi connectivity index (χ4n) is 1.74. The lowest BCUT2D eigenvalue weighted by Crippen LogP contribution is -2.51. The van der Waals surface area contributed by atoms with Gasteiger partial charge >= 0.3 is 6.03 Å². The quantitative estimate of drug-likeness (QED) is 0.647. The van der Waals surface area contributed by atoms with E-state index in [9.17, 15) is 9.90 Å². The van der Waals surface area contributed by atoms with Crippen LogP contribution in [-0.4, -0.2) is 29.3 Å². The topological polar surface area (TPSA) is 61.4 Å². The molecule has 1 aliphatic carbocycles. The Kier molecular flexibility index (Phi) is 4.39. The molecule has 0 atom stereocenters. The molecule has 1 aliphatic rings. The van der Waals surface area contributed by atoms with Gasteiger partial charge in [0.15, 0.2) is 0 Å². The zero-order valence-electron chi connectivity index (χ0n) is 9.68. The predicted molar refractivity (Wildman–Crippen MR) is 59.7 cm³/mol. The second-order valence-corrected chi connectivity index (χ2v) is 4.42. The summed E-state index contributed by atoms with van der Waals surface area (Å²) >= 11 is 0. The van der Waals surface area contributed by atoms with Gasteiger partial charge in [0, 0.05) is 12.6 Å². The summed E-state index contributed by atoms with van der Waals surface area (Å²) in [6.45, 7) is 4.47. The molecule has 0 spiro atoms. The van der Waals surface area contributed by atoms with Crippen LogP contribution in [0.25, 0.3) is 0 Å². The Balaban J connectivity index is 2.18. The molecule has 0 aromatic carbocycles. The van der Waals surface area contributed by atoms with Crippen LogP contribution in [0.2, 0.25) is 0 Å². The minimum Gasteiger partial charge on any atom is -0.388 e. The Bertz CT molecular complexity index is 211. The van der Waals surface area contributed by atoms with Gasteiger partial charge in [-0.3, -0.25) is 0 Å². The molecular weight excluding hydrogens is 192 g/mol.